The lowest BCUT2D eigenvalue weighted by atomic mass is 9.98. The van der Waals surface area contributed by atoms with E-state index in [9.17, 15) is 13.2 Å². The molecule has 2 aliphatic heterocycles. The van der Waals surface area contributed by atoms with Crippen molar-refractivity contribution in [1.82, 2.24) is 8.87 Å². The fraction of sp³-hybridized carbons (Fsp3) is 0.476. The maximum atomic E-state index is 13.3. The number of carbonyl (C=O) groups is 1. The van der Waals surface area contributed by atoms with Gasteiger partial charge in [-0.25, -0.2) is 8.42 Å². The van der Waals surface area contributed by atoms with Gasteiger partial charge in [0.25, 0.3) is 5.91 Å². The second-order valence-corrected chi connectivity index (χ2v) is 9.72. The molecule has 28 heavy (non-hydrogen) atoms. The van der Waals surface area contributed by atoms with Gasteiger partial charge in [0.2, 0.25) is 10.0 Å². The highest BCUT2D eigenvalue weighted by Crippen LogP contribution is 2.32. The monoisotopic (exact) mass is 401 g/mol. The third-order valence-corrected chi connectivity index (χ3v) is 7.68. The Morgan fingerprint density at radius 2 is 1.79 bits per heavy atom. The van der Waals surface area contributed by atoms with E-state index in [2.05, 4.69) is 6.07 Å². The van der Waals surface area contributed by atoms with Crippen molar-refractivity contribution in [2.45, 2.75) is 43.9 Å². The number of para-hydroxylation sites is 1. The Morgan fingerprint density at radius 3 is 2.54 bits per heavy atom. The van der Waals surface area contributed by atoms with Crippen molar-refractivity contribution in [2.75, 3.05) is 24.5 Å². The molecule has 1 aromatic heterocycles. The van der Waals surface area contributed by atoms with Crippen LogP contribution in [0.3, 0.4) is 0 Å². The molecule has 0 N–H and O–H groups in total. The van der Waals surface area contributed by atoms with Crippen LogP contribution in [-0.4, -0.2) is 42.8 Å². The van der Waals surface area contributed by atoms with E-state index in [0.29, 0.717) is 25.3 Å². The smallest absolute Gasteiger partial charge is 0.274 e. The van der Waals surface area contributed by atoms with Gasteiger partial charge in [0, 0.05) is 32.9 Å². The number of nitrogens with zero attached hydrogens (tertiary/aromatic N) is 3. The average Bonchev–Trinajstić information content (AvgIpc) is 3.10. The molecule has 0 aliphatic carbocycles. The summed E-state index contributed by atoms with van der Waals surface area (Å²) in [6.45, 7) is 3.77. The van der Waals surface area contributed by atoms with E-state index < -0.39 is 10.0 Å². The van der Waals surface area contributed by atoms with Crippen LogP contribution in [0.25, 0.3) is 0 Å². The first-order valence-corrected chi connectivity index (χ1v) is 11.4. The van der Waals surface area contributed by atoms with Gasteiger partial charge in [0.15, 0.2) is 0 Å². The lowest BCUT2D eigenvalue weighted by molar-refractivity contribution is 0.0977. The molecular formula is C21H27N3O3S. The van der Waals surface area contributed by atoms with Gasteiger partial charge >= 0.3 is 0 Å². The molecular weight excluding hydrogens is 374 g/mol. The van der Waals surface area contributed by atoms with E-state index >= 15 is 0 Å². The lowest BCUT2D eigenvalue weighted by Gasteiger charge is -2.31. The molecule has 7 heteroatoms. The largest absolute Gasteiger partial charge is 0.345 e. The van der Waals surface area contributed by atoms with Gasteiger partial charge in [-0.05, 0) is 49.8 Å². The topological polar surface area (TPSA) is 62.6 Å². The van der Waals surface area contributed by atoms with Crippen molar-refractivity contribution < 1.29 is 13.2 Å². The molecule has 0 spiro atoms. The number of piperidine rings is 1. The third-order valence-electron chi connectivity index (χ3n) is 5.82. The summed E-state index contributed by atoms with van der Waals surface area (Å²) in [7, 11) is -1.81. The number of anilines is 1. The quantitative estimate of drug-likeness (QED) is 0.794. The number of aromatic nitrogens is 1. The number of sulfonamides is 1. The zero-order valence-electron chi connectivity index (χ0n) is 16.5. The Morgan fingerprint density at radius 1 is 1.04 bits per heavy atom. The molecule has 6 nitrogen and oxygen atoms in total. The maximum absolute atomic E-state index is 13.3. The Hall–Kier alpha value is -2.12. The zero-order chi connectivity index (χ0) is 19.9. The highest BCUT2D eigenvalue weighted by atomic mass is 32.2. The molecule has 1 fully saturated rings. The highest BCUT2D eigenvalue weighted by molar-refractivity contribution is 7.89. The Labute approximate surface area is 166 Å². The van der Waals surface area contributed by atoms with Crippen LogP contribution in [0, 0.1) is 6.92 Å². The van der Waals surface area contributed by atoms with Crippen LogP contribution in [0.1, 0.15) is 47.3 Å². The number of carbonyl (C=O) groups excluding carboxylic acids is 1. The first-order valence-electron chi connectivity index (χ1n) is 9.96. The average molecular weight is 402 g/mol. The molecule has 3 heterocycles. The van der Waals surface area contributed by atoms with E-state index in [0.717, 1.165) is 43.4 Å². The van der Waals surface area contributed by atoms with Gasteiger partial charge in [-0.15, -0.1) is 0 Å². The van der Waals surface area contributed by atoms with Gasteiger partial charge in [0.1, 0.15) is 10.6 Å². The standard InChI is InChI=1S/C21H27N3O3S/c1-16-8-6-9-17-10-7-13-24(20(16)17)21(25)19-14-18(15-22(19)2)28(26,27)23-11-4-3-5-12-23/h6,8-9,14-15H,3-5,7,10-13H2,1-2H3. The van der Waals surface area contributed by atoms with E-state index in [1.807, 2.05) is 19.1 Å². The first-order chi connectivity index (χ1) is 13.4. The Bertz CT molecular complexity index is 1000. The number of amides is 1. The summed E-state index contributed by atoms with van der Waals surface area (Å²) in [5.41, 5.74) is 3.63. The zero-order valence-corrected chi connectivity index (χ0v) is 17.3. The minimum atomic E-state index is -3.55. The van der Waals surface area contributed by atoms with E-state index in [1.165, 1.54) is 5.56 Å². The number of fused-ring (bicyclic) bond motifs is 1. The third kappa shape index (κ3) is 3.26. The summed E-state index contributed by atoms with van der Waals surface area (Å²) in [5.74, 6) is -0.141. The van der Waals surface area contributed by atoms with Crippen molar-refractivity contribution in [2.24, 2.45) is 7.05 Å². The fourth-order valence-electron chi connectivity index (χ4n) is 4.33. The van der Waals surface area contributed by atoms with Gasteiger partial charge in [-0.1, -0.05) is 24.6 Å². The molecule has 150 valence electrons. The van der Waals surface area contributed by atoms with Crippen LogP contribution in [0.5, 0.6) is 0 Å². The second-order valence-electron chi connectivity index (χ2n) is 7.78. The van der Waals surface area contributed by atoms with Crippen LogP contribution in [0.4, 0.5) is 5.69 Å². The predicted molar refractivity (Wildman–Crippen MR) is 109 cm³/mol. The van der Waals surface area contributed by atoms with Crippen LogP contribution in [0.15, 0.2) is 35.4 Å². The van der Waals surface area contributed by atoms with Crippen LogP contribution < -0.4 is 4.90 Å². The Balaban J connectivity index is 1.68. The fourth-order valence-corrected chi connectivity index (χ4v) is 5.92. The maximum Gasteiger partial charge on any atom is 0.274 e. The summed E-state index contributed by atoms with van der Waals surface area (Å²) in [4.78, 5) is 15.4. The summed E-state index contributed by atoms with van der Waals surface area (Å²) < 4.78 is 29.2. The number of aryl methyl sites for hydroxylation is 3. The van der Waals surface area contributed by atoms with E-state index in [4.69, 9.17) is 0 Å². The van der Waals surface area contributed by atoms with Gasteiger partial charge < -0.3 is 9.47 Å². The lowest BCUT2D eigenvalue weighted by Crippen LogP contribution is -2.37. The number of benzene rings is 1. The van der Waals surface area contributed by atoms with Crippen molar-refractivity contribution >= 4 is 21.6 Å². The molecule has 0 atom stereocenters. The van der Waals surface area contributed by atoms with Crippen LogP contribution >= 0.6 is 0 Å². The summed E-state index contributed by atoms with van der Waals surface area (Å²) in [6.07, 6.45) is 6.29. The Kier molecular flexibility index (Phi) is 5.05. The normalized spacial score (nSPS) is 18.1. The van der Waals surface area contributed by atoms with E-state index in [-0.39, 0.29) is 10.8 Å². The molecule has 0 radical (unpaired) electrons. The molecule has 4 rings (SSSR count). The predicted octanol–water partition coefficient (Wildman–Crippen LogP) is 3.10. The minimum absolute atomic E-state index is 0.141. The van der Waals surface area contributed by atoms with Crippen molar-refractivity contribution in [3.8, 4) is 0 Å². The van der Waals surface area contributed by atoms with Gasteiger partial charge in [-0.3, -0.25) is 4.79 Å². The number of hydrogen-bond acceptors (Lipinski definition) is 3. The van der Waals surface area contributed by atoms with Crippen molar-refractivity contribution in [3.05, 3.63) is 47.3 Å². The van der Waals surface area contributed by atoms with Crippen molar-refractivity contribution in [1.29, 1.82) is 0 Å². The van der Waals surface area contributed by atoms with E-state index in [1.54, 1.807) is 33.1 Å². The summed E-state index contributed by atoms with van der Waals surface area (Å²) in [5, 5.41) is 0. The highest BCUT2D eigenvalue weighted by Gasteiger charge is 2.31. The second kappa shape index (κ2) is 7.37. The number of hydrogen-bond donors (Lipinski definition) is 0. The molecule has 0 saturated carbocycles. The van der Waals surface area contributed by atoms with Crippen LogP contribution in [0.2, 0.25) is 0 Å². The molecule has 1 aromatic carbocycles. The van der Waals surface area contributed by atoms with Crippen molar-refractivity contribution in [3.63, 3.8) is 0 Å². The molecule has 1 amide bonds. The molecule has 2 aromatic rings. The number of rotatable bonds is 3. The minimum Gasteiger partial charge on any atom is -0.345 e. The summed E-state index contributed by atoms with van der Waals surface area (Å²) in [6, 6.07) is 7.65. The molecule has 0 unspecified atom stereocenters. The SMILES string of the molecule is Cc1cccc2c1N(C(=O)c1cc(S(=O)(=O)N3CCCCC3)cn1C)CCC2. The van der Waals surface area contributed by atoms with Gasteiger partial charge in [0.05, 0.1) is 5.69 Å². The molecule has 2 aliphatic rings. The first kappa shape index (κ1) is 19.2. The van der Waals surface area contributed by atoms with Crippen LogP contribution in [-0.2, 0) is 23.5 Å². The van der Waals surface area contributed by atoms with Gasteiger partial charge in [-0.2, -0.15) is 4.31 Å². The summed E-state index contributed by atoms with van der Waals surface area (Å²) >= 11 is 0. The molecule has 0 bridgehead atoms. The molecule has 1 saturated heterocycles.